The molecule has 1 heterocycles. The molecule has 0 bridgehead atoms. The average molecular weight is 273 g/mol. The van der Waals surface area contributed by atoms with Crippen LogP contribution in [-0.4, -0.2) is 23.2 Å². The molecule has 1 aromatic carbocycles. The van der Waals surface area contributed by atoms with E-state index in [1.54, 1.807) is 7.11 Å². The number of nitrogens with two attached hydrogens (primary N) is 1. The Bertz CT molecular complexity index is 656. The van der Waals surface area contributed by atoms with Crippen LogP contribution in [0.15, 0.2) is 30.3 Å². The van der Waals surface area contributed by atoms with Crippen molar-refractivity contribution in [1.29, 1.82) is 0 Å². The van der Waals surface area contributed by atoms with Crippen LogP contribution >= 0.6 is 0 Å². The van der Waals surface area contributed by atoms with Gasteiger partial charge in [-0.2, -0.15) is 0 Å². The zero-order valence-electron chi connectivity index (χ0n) is 11.2. The number of rotatable bonds is 4. The lowest BCUT2D eigenvalue weighted by Gasteiger charge is -2.13. The number of hydrogen-bond donors (Lipinski definition) is 3. The number of pyridine rings is 1. The van der Waals surface area contributed by atoms with E-state index in [9.17, 15) is 4.79 Å². The second-order valence-electron chi connectivity index (χ2n) is 4.27. The maximum atomic E-state index is 10.9. The van der Waals surface area contributed by atoms with Gasteiger partial charge in [-0.1, -0.05) is 6.07 Å². The van der Waals surface area contributed by atoms with Gasteiger partial charge >= 0.3 is 5.97 Å². The van der Waals surface area contributed by atoms with Crippen LogP contribution in [0, 0.1) is 6.92 Å². The standard InChI is InChI=1S/C14H15N3O3/c1-8-3-6-12(20-2)11(7-8)17-13-9(15)4-5-10(16-13)14(18)19/h3-7H,15H2,1-2H3,(H,16,17)(H,18,19). The lowest BCUT2D eigenvalue weighted by molar-refractivity contribution is 0.0690. The van der Waals surface area contributed by atoms with Crippen molar-refractivity contribution in [1.82, 2.24) is 4.98 Å². The minimum Gasteiger partial charge on any atom is -0.495 e. The van der Waals surface area contributed by atoms with E-state index in [4.69, 9.17) is 15.6 Å². The van der Waals surface area contributed by atoms with Gasteiger partial charge in [0.1, 0.15) is 5.75 Å². The molecule has 0 saturated carbocycles. The molecule has 2 aromatic rings. The second-order valence-corrected chi connectivity index (χ2v) is 4.27. The smallest absolute Gasteiger partial charge is 0.354 e. The van der Waals surface area contributed by atoms with Crippen molar-refractivity contribution < 1.29 is 14.6 Å². The minimum atomic E-state index is -1.11. The number of ether oxygens (including phenoxy) is 1. The molecule has 1 aromatic heterocycles. The molecule has 0 fully saturated rings. The number of nitrogen functional groups attached to an aromatic ring is 1. The van der Waals surface area contributed by atoms with E-state index in [0.717, 1.165) is 5.56 Å². The average Bonchev–Trinajstić information content (AvgIpc) is 2.41. The summed E-state index contributed by atoms with van der Waals surface area (Å²) < 4.78 is 5.24. The van der Waals surface area contributed by atoms with Crippen molar-refractivity contribution in [3.63, 3.8) is 0 Å². The van der Waals surface area contributed by atoms with Crippen LogP contribution in [0.2, 0.25) is 0 Å². The van der Waals surface area contributed by atoms with E-state index in [-0.39, 0.29) is 11.5 Å². The van der Waals surface area contributed by atoms with Crippen molar-refractivity contribution >= 4 is 23.2 Å². The first-order valence-corrected chi connectivity index (χ1v) is 5.92. The summed E-state index contributed by atoms with van der Waals surface area (Å²) in [7, 11) is 1.56. The molecule has 0 aliphatic carbocycles. The van der Waals surface area contributed by atoms with E-state index in [0.29, 0.717) is 17.1 Å². The fourth-order valence-electron chi connectivity index (χ4n) is 1.74. The summed E-state index contributed by atoms with van der Waals surface area (Å²) in [6, 6.07) is 8.45. The summed E-state index contributed by atoms with van der Waals surface area (Å²) in [5.41, 5.74) is 7.80. The number of methoxy groups -OCH3 is 1. The van der Waals surface area contributed by atoms with Gasteiger partial charge in [-0.25, -0.2) is 9.78 Å². The summed E-state index contributed by atoms with van der Waals surface area (Å²) >= 11 is 0. The Morgan fingerprint density at radius 3 is 2.75 bits per heavy atom. The van der Waals surface area contributed by atoms with E-state index >= 15 is 0 Å². The van der Waals surface area contributed by atoms with Gasteiger partial charge in [0.15, 0.2) is 11.5 Å². The molecule has 6 heteroatoms. The molecule has 0 radical (unpaired) electrons. The Labute approximate surface area is 116 Å². The second kappa shape index (κ2) is 5.48. The number of hydrogen-bond acceptors (Lipinski definition) is 5. The van der Waals surface area contributed by atoms with Gasteiger partial charge in [0.2, 0.25) is 0 Å². The van der Waals surface area contributed by atoms with Crippen LogP contribution in [-0.2, 0) is 0 Å². The molecular weight excluding hydrogens is 258 g/mol. The van der Waals surface area contributed by atoms with Gasteiger partial charge < -0.3 is 20.9 Å². The van der Waals surface area contributed by atoms with Gasteiger partial charge in [-0.3, -0.25) is 0 Å². The van der Waals surface area contributed by atoms with E-state index < -0.39 is 5.97 Å². The number of aromatic carboxylic acids is 1. The van der Waals surface area contributed by atoms with Crippen molar-refractivity contribution in [2.45, 2.75) is 6.92 Å². The number of carbonyl (C=O) groups is 1. The maximum Gasteiger partial charge on any atom is 0.354 e. The number of nitrogens with one attached hydrogen (secondary N) is 1. The molecular formula is C14H15N3O3. The fraction of sp³-hybridized carbons (Fsp3) is 0.143. The minimum absolute atomic E-state index is 0.0756. The summed E-state index contributed by atoms with van der Waals surface area (Å²) in [6.07, 6.45) is 0. The number of nitrogens with zero attached hydrogens (tertiary/aromatic N) is 1. The first-order chi connectivity index (χ1) is 9.51. The van der Waals surface area contributed by atoms with Crippen molar-refractivity contribution in [3.8, 4) is 5.75 Å². The summed E-state index contributed by atoms with van der Waals surface area (Å²) in [5.74, 6) is -0.199. The Kier molecular flexibility index (Phi) is 3.74. The number of aromatic nitrogens is 1. The van der Waals surface area contributed by atoms with Crippen molar-refractivity contribution in [2.24, 2.45) is 0 Å². The summed E-state index contributed by atoms with van der Waals surface area (Å²) in [6.45, 7) is 1.94. The van der Waals surface area contributed by atoms with E-state index in [1.807, 2.05) is 25.1 Å². The number of carboxylic acids is 1. The van der Waals surface area contributed by atoms with E-state index in [2.05, 4.69) is 10.3 Å². The molecule has 6 nitrogen and oxygen atoms in total. The third-order valence-corrected chi connectivity index (χ3v) is 2.75. The summed E-state index contributed by atoms with van der Waals surface area (Å²) in [4.78, 5) is 14.9. The van der Waals surface area contributed by atoms with Crippen LogP contribution < -0.4 is 15.8 Å². The number of aryl methyl sites for hydroxylation is 1. The Morgan fingerprint density at radius 2 is 2.10 bits per heavy atom. The summed E-state index contributed by atoms with van der Waals surface area (Å²) in [5, 5.41) is 12.0. The highest BCUT2D eigenvalue weighted by atomic mass is 16.5. The monoisotopic (exact) mass is 273 g/mol. The lowest BCUT2D eigenvalue weighted by Crippen LogP contribution is -2.06. The number of benzene rings is 1. The van der Waals surface area contributed by atoms with Crippen LogP contribution in [0.4, 0.5) is 17.2 Å². The molecule has 2 rings (SSSR count). The quantitative estimate of drug-likeness (QED) is 0.791. The van der Waals surface area contributed by atoms with Gasteiger partial charge in [-0.15, -0.1) is 0 Å². The Morgan fingerprint density at radius 1 is 1.35 bits per heavy atom. The van der Waals surface area contributed by atoms with Gasteiger partial charge in [0.05, 0.1) is 18.5 Å². The number of anilines is 3. The predicted octanol–water partition coefficient (Wildman–Crippen LogP) is 2.42. The van der Waals surface area contributed by atoms with Crippen LogP contribution in [0.1, 0.15) is 16.1 Å². The van der Waals surface area contributed by atoms with Crippen LogP contribution in [0.3, 0.4) is 0 Å². The third-order valence-electron chi connectivity index (χ3n) is 2.75. The zero-order valence-corrected chi connectivity index (χ0v) is 11.2. The molecule has 0 saturated heterocycles. The highest BCUT2D eigenvalue weighted by molar-refractivity contribution is 5.87. The zero-order chi connectivity index (χ0) is 14.7. The van der Waals surface area contributed by atoms with Crippen LogP contribution in [0.25, 0.3) is 0 Å². The molecule has 0 aliphatic heterocycles. The van der Waals surface area contributed by atoms with Crippen molar-refractivity contribution in [3.05, 3.63) is 41.6 Å². The fourth-order valence-corrected chi connectivity index (χ4v) is 1.74. The largest absolute Gasteiger partial charge is 0.495 e. The number of carboxylic acid groups (broad SMARTS) is 1. The molecule has 4 N–H and O–H groups in total. The van der Waals surface area contributed by atoms with Crippen LogP contribution in [0.5, 0.6) is 5.75 Å². The molecule has 0 spiro atoms. The molecule has 20 heavy (non-hydrogen) atoms. The molecule has 104 valence electrons. The third kappa shape index (κ3) is 2.80. The predicted molar refractivity (Wildman–Crippen MR) is 76.6 cm³/mol. The molecule has 0 amide bonds. The highest BCUT2D eigenvalue weighted by Gasteiger charge is 2.11. The molecule has 0 atom stereocenters. The van der Waals surface area contributed by atoms with Gasteiger partial charge in [0, 0.05) is 0 Å². The molecule has 0 unspecified atom stereocenters. The highest BCUT2D eigenvalue weighted by Crippen LogP contribution is 2.30. The first-order valence-electron chi connectivity index (χ1n) is 5.92. The molecule has 0 aliphatic rings. The Hall–Kier alpha value is -2.76. The topological polar surface area (TPSA) is 97.5 Å². The first kappa shape index (κ1) is 13.7. The van der Waals surface area contributed by atoms with Gasteiger partial charge in [-0.05, 0) is 36.8 Å². The van der Waals surface area contributed by atoms with E-state index in [1.165, 1.54) is 12.1 Å². The van der Waals surface area contributed by atoms with Crippen molar-refractivity contribution in [2.75, 3.05) is 18.2 Å². The normalized spacial score (nSPS) is 10.1. The lowest BCUT2D eigenvalue weighted by atomic mass is 10.2. The maximum absolute atomic E-state index is 10.9. The van der Waals surface area contributed by atoms with Gasteiger partial charge in [0.25, 0.3) is 0 Å². The SMILES string of the molecule is COc1ccc(C)cc1Nc1nc(C(=O)O)ccc1N. The Balaban J connectivity index is 2.41.